The number of amides is 1. The number of benzene rings is 3. The highest BCUT2D eigenvalue weighted by atomic mass is 32.2. The summed E-state index contributed by atoms with van der Waals surface area (Å²) in [7, 11) is -3.66. The number of pyridine rings is 1. The second kappa shape index (κ2) is 11.1. The molecule has 1 aromatic heterocycles. The zero-order valence-electron chi connectivity index (χ0n) is 21.8. The predicted octanol–water partition coefficient (Wildman–Crippen LogP) is 4.86. The van der Waals surface area contributed by atoms with Crippen LogP contribution in [0.3, 0.4) is 0 Å². The summed E-state index contributed by atoms with van der Waals surface area (Å²) >= 11 is 0. The van der Waals surface area contributed by atoms with E-state index in [1.54, 1.807) is 16.6 Å². The van der Waals surface area contributed by atoms with Gasteiger partial charge < -0.3 is 14.8 Å². The molecule has 0 aliphatic carbocycles. The molecule has 40 heavy (non-hydrogen) atoms. The average Bonchev–Trinajstić information content (AvgIpc) is 2.96. The van der Waals surface area contributed by atoms with Crippen molar-refractivity contribution in [2.24, 2.45) is 0 Å². The molecule has 3 aliphatic heterocycles. The van der Waals surface area contributed by atoms with Crippen LogP contribution in [0.1, 0.15) is 45.1 Å². The fourth-order valence-electron chi connectivity index (χ4n) is 5.23. The highest BCUT2D eigenvalue weighted by molar-refractivity contribution is 7.88. The number of hydrogen-bond acceptors (Lipinski definition) is 6. The van der Waals surface area contributed by atoms with Gasteiger partial charge in [0.25, 0.3) is 5.91 Å². The van der Waals surface area contributed by atoms with Crippen molar-refractivity contribution >= 4 is 15.9 Å². The number of aromatic nitrogens is 1. The lowest BCUT2D eigenvalue weighted by atomic mass is 9.89. The average molecular weight is 556 g/mol. The van der Waals surface area contributed by atoms with Crippen molar-refractivity contribution < 1.29 is 22.7 Å². The van der Waals surface area contributed by atoms with Gasteiger partial charge in [-0.2, -0.15) is 4.31 Å². The second-order valence-corrected chi connectivity index (χ2v) is 11.8. The second-order valence-electron chi connectivity index (χ2n) is 9.91. The number of nitrogens with one attached hydrogen (secondary N) is 1. The number of carbonyl (C=O) groups is 1. The minimum Gasteiger partial charge on any atom is -0.494 e. The SMILES string of the molecule is O=C1NCCCOc2cccc(c2)C2c3ccc(cc3CCN2S(=O)(=O)Cc2ccccc2)Oc2cncc1c2. The van der Waals surface area contributed by atoms with Crippen molar-refractivity contribution in [1.82, 2.24) is 14.6 Å². The number of nitrogens with zero attached hydrogens (tertiary/aromatic N) is 2. The molecular weight excluding hydrogens is 526 g/mol. The summed E-state index contributed by atoms with van der Waals surface area (Å²) in [6.45, 7) is 1.16. The van der Waals surface area contributed by atoms with Crippen LogP contribution in [0.25, 0.3) is 0 Å². The van der Waals surface area contributed by atoms with Gasteiger partial charge in [0.15, 0.2) is 0 Å². The smallest absolute Gasteiger partial charge is 0.252 e. The highest BCUT2D eigenvalue weighted by Crippen LogP contribution is 2.40. The summed E-state index contributed by atoms with van der Waals surface area (Å²) in [6, 6.07) is 23.7. The zero-order valence-corrected chi connectivity index (χ0v) is 22.6. The molecule has 7 rings (SSSR count). The van der Waals surface area contributed by atoms with Crippen molar-refractivity contribution in [3.05, 3.63) is 119 Å². The Kier molecular flexibility index (Phi) is 7.23. The first-order chi connectivity index (χ1) is 19.5. The molecule has 3 aromatic carbocycles. The van der Waals surface area contributed by atoms with Crippen LogP contribution in [0, 0.1) is 0 Å². The van der Waals surface area contributed by atoms with Gasteiger partial charge in [0.2, 0.25) is 10.0 Å². The van der Waals surface area contributed by atoms with Gasteiger partial charge in [0, 0.05) is 19.3 Å². The van der Waals surface area contributed by atoms with Crippen LogP contribution in [0.4, 0.5) is 0 Å². The Bertz CT molecular complexity index is 1640. The lowest BCUT2D eigenvalue weighted by molar-refractivity contribution is 0.0951. The Morgan fingerprint density at radius 1 is 0.925 bits per heavy atom. The molecule has 0 saturated heterocycles. The van der Waals surface area contributed by atoms with Crippen LogP contribution in [-0.4, -0.2) is 43.3 Å². The molecule has 4 heterocycles. The molecule has 0 fully saturated rings. The van der Waals surface area contributed by atoms with E-state index in [0.29, 0.717) is 55.4 Å². The van der Waals surface area contributed by atoms with Crippen molar-refractivity contribution in [3.63, 3.8) is 0 Å². The van der Waals surface area contributed by atoms with Crippen LogP contribution >= 0.6 is 0 Å². The van der Waals surface area contributed by atoms with E-state index < -0.39 is 16.1 Å². The van der Waals surface area contributed by atoms with Gasteiger partial charge in [-0.15, -0.1) is 0 Å². The van der Waals surface area contributed by atoms with Gasteiger partial charge in [-0.25, -0.2) is 8.42 Å². The fraction of sp³-hybridized carbons (Fsp3) is 0.226. The number of ether oxygens (including phenoxy) is 2. The molecule has 8 bridgehead atoms. The van der Waals surface area contributed by atoms with Gasteiger partial charge in [0.05, 0.1) is 30.2 Å². The minimum absolute atomic E-state index is 0.0773. The third kappa shape index (κ3) is 5.57. The lowest BCUT2D eigenvalue weighted by Crippen LogP contribution is -2.41. The van der Waals surface area contributed by atoms with Gasteiger partial charge in [-0.1, -0.05) is 48.5 Å². The van der Waals surface area contributed by atoms with Gasteiger partial charge >= 0.3 is 0 Å². The summed E-state index contributed by atoms with van der Waals surface area (Å²) < 4.78 is 41.4. The molecule has 1 amide bonds. The molecule has 8 nitrogen and oxygen atoms in total. The maximum Gasteiger partial charge on any atom is 0.252 e. The zero-order chi connectivity index (χ0) is 27.5. The Labute approximate surface area is 233 Å². The van der Waals surface area contributed by atoms with Crippen molar-refractivity contribution in [3.8, 4) is 17.2 Å². The molecule has 1 unspecified atom stereocenters. The van der Waals surface area contributed by atoms with Gasteiger partial charge in [-0.3, -0.25) is 9.78 Å². The van der Waals surface area contributed by atoms with Gasteiger partial charge in [0.1, 0.15) is 17.2 Å². The largest absolute Gasteiger partial charge is 0.494 e. The van der Waals surface area contributed by atoms with E-state index in [1.165, 1.54) is 6.20 Å². The molecule has 204 valence electrons. The fourth-order valence-corrected chi connectivity index (χ4v) is 6.94. The molecule has 4 aromatic rings. The van der Waals surface area contributed by atoms with Crippen LogP contribution in [-0.2, 0) is 22.2 Å². The molecule has 0 saturated carbocycles. The number of rotatable bonds is 3. The molecule has 1 N–H and O–H groups in total. The van der Waals surface area contributed by atoms with Crippen LogP contribution in [0.2, 0.25) is 0 Å². The standard InChI is InChI=1S/C31H29N3O5S/c35-31-25-18-28(20-32-19-25)39-27-10-11-29-23(16-27)12-14-34(40(36,37)21-22-6-2-1-3-7-22)30(29)24-8-4-9-26(17-24)38-15-5-13-33-31/h1-4,6-11,16-20,30H,5,12-15,21H2,(H,33,35). The highest BCUT2D eigenvalue weighted by Gasteiger charge is 2.37. The maximum atomic E-state index is 13.8. The first-order valence-electron chi connectivity index (χ1n) is 13.3. The van der Waals surface area contributed by atoms with Crippen molar-refractivity contribution in [1.29, 1.82) is 0 Å². The van der Waals surface area contributed by atoms with E-state index in [2.05, 4.69) is 10.3 Å². The maximum absolute atomic E-state index is 13.8. The molecular formula is C31H29N3O5S. The van der Waals surface area contributed by atoms with Crippen LogP contribution in [0.5, 0.6) is 17.2 Å². The number of fused-ring (bicyclic) bond motifs is 6. The van der Waals surface area contributed by atoms with E-state index in [-0.39, 0.29) is 11.7 Å². The summed E-state index contributed by atoms with van der Waals surface area (Å²) in [5.41, 5.74) is 3.89. The molecule has 1 atom stereocenters. The summed E-state index contributed by atoms with van der Waals surface area (Å²) in [5, 5.41) is 2.89. The molecule has 0 radical (unpaired) electrons. The third-order valence-corrected chi connectivity index (χ3v) is 8.91. The quantitative estimate of drug-likeness (QED) is 0.388. The Morgan fingerprint density at radius 2 is 1.80 bits per heavy atom. The Balaban J connectivity index is 1.42. The van der Waals surface area contributed by atoms with E-state index in [4.69, 9.17) is 9.47 Å². The number of carbonyl (C=O) groups excluding carboxylic acids is 1. The molecule has 0 spiro atoms. The predicted molar refractivity (Wildman–Crippen MR) is 151 cm³/mol. The molecule has 9 heteroatoms. The Hall–Kier alpha value is -4.21. The first-order valence-corrected chi connectivity index (χ1v) is 14.9. The summed E-state index contributed by atoms with van der Waals surface area (Å²) in [4.78, 5) is 16.8. The van der Waals surface area contributed by atoms with E-state index >= 15 is 0 Å². The minimum atomic E-state index is -3.66. The monoisotopic (exact) mass is 555 g/mol. The van der Waals surface area contributed by atoms with Crippen molar-refractivity contribution in [2.45, 2.75) is 24.6 Å². The van der Waals surface area contributed by atoms with E-state index in [1.807, 2.05) is 72.8 Å². The van der Waals surface area contributed by atoms with Gasteiger partial charge in [-0.05, 0) is 65.4 Å². The van der Waals surface area contributed by atoms with Crippen LogP contribution in [0.15, 0.2) is 91.3 Å². The summed E-state index contributed by atoms with van der Waals surface area (Å²) in [5.74, 6) is 1.38. The molecule has 3 aliphatic rings. The third-order valence-electron chi connectivity index (χ3n) is 7.11. The van der Waals surface area contributed by atoms with Crippen LogP contribution < -0.4 is 14.8 Å². The number of sulfonamides is 1. The lowest BCUT2D eigenvalue weighted by Gasteiger charge is -2.37. The summed E-state index contributed by atoms with van der Waals surface area (Å²) in [6.07, 6.45) is 4.21. The Morgan fingerprint density at radius 3 is 2.67 bits per heavy atom. The van der Waals surface area contributed by atoms with E-state index in [0.717, 1.165) is 22.3 Å². The first kappa shape index (κ1) is 26.0. The number of hydrogen-bond donors (Lipinski definition) is 1. The van der Waals surface area contributed by atoms with E-state index in [9.17, 15) is 13.2 Å². The topological polar surface area (TPSA) is 97.8 Å². The van der Waals surface area contributed by atoms with Crippen molar-refractivity contribution in [2.75, 3.05) is 19.7 Å². The normalized spacial score (nSPS) is 17.6.